The number of likely N-dealkylation sites (tertiary alicyclic amines) is 1. The molecule has 1 saturated carbocycles. The van der Waals surface area contributed by atoms with E-state index in [2.05, 4.69) is 15.9 Å². The highest BCUT2D eigenvalue weighted by atomic mass is 79.9. The molecule has 1 aliphatic heterocycles. The lowest BCUT2D eigenvalue weighted by Gasteiger charge is -2.27. The van der Waals surface area contributed by atoms with Crippen LogP contribution < -0.4 is 0 Å². The van der Waals surface area contributed by atoms with Crippen molar-refractivity contribution in [2.45, 2.75) is 42.3 Å². The molecule has 0 radical (unpaired) electrons. The summed E-state index contributed by atoms with van der Waals surface area (Å²) in [6.07, 6.45) is -0.171. The molecule has 29 heavy (non-hydrogen) atoms. The van der Waals surface area contributed by atoms with E-state index in [1.54, 1.807) is 19.1 Å². The molecule has 3 unspecified atom stereocenters. The second-order valence-electron chi connectivity index (χ2n) is 7.38. The second kappa shape index (κ2) is 8.29. The van der Waals surface area contributed by atoms with Crippen LogP contribution in [0.3, 0.4) is 0 Å². The molecular weight excluding hydrogens is 472 g/mol. The number of halogens is 3. The normalized spacial score (nSPS) is 26.5. The van der Waals surface area contributed by atoms with Crippen LogP contribution in [0.5, 0.6) is 0 Å². The van der Waals surface area contributed by atoms with Crippen LogP contribution in [0.15, 0.2) is 33.6 Å². The van der Waals surface area contributed by atoms with Crippen LogP contribution in [0.2, 0.25) is 0 Å². The molecule has 0 aromatic heterocycles. The average Bonchev–Trinajstić information content (AvgIpc) is 3.25. The van der Waals surface area contributed by atoms with E-state index in [9.17, 15) is 26.8 Å². The summed E-state index contributed by atoms with van der Waals surface area (Å²) < 4.78 is 59.6. The van der Waals surface area contributed by atoms with Crippen molar-refractivity contribution in [3.63, 3.8) is 0 Å². The maximum Gasteiger partial charge on any atom is 0.310 e. The number of nitrogens with zero attached hydrogens (tertiary/aromatic N) is 1. The molecule has 0 N–H and O–H groups in total. The first-order valence-corrected chi connectivity index (χ1v) is 11.7. The van der Waals surface area contributed by atoms with E-state index in [4.69, 9.17) is 4.74 Å². The fraction of sp³-hybridized carbons (Fsp3) is 0.579. The van der Waals surface area contributed by atoms with Crippen LogP contribution >= 0.6 is 15.9 Å². The number of benzene rings is 1. The van der Waals surface area contributed by atoms with Gasteiger partial charge in [0.1, 0.15) is 0 Å². The number of rotatable bonds is 5. The molecule has 2 aliphatic rings. The minimum atomic E-state index is -4.09. The minimum absolute atomic E-state index is 0.0300. The summed E-state index contributed by atoms with van der Waals surface area (Å²) in [6.45, 7) is 0.835. The number of sulfone groups is 1. The molecule has 6 nitrogen and oxygen atoms in total. The minimum Gasteiger partial charge on any atom is -0.466 e. The van der Waals surface area contributed by atoms with Gasteiger partial charge in [-0.3, -0.25) is 9.59 Å². The summed E-state index contributed by atoms with van der Waals surface area (Å²) in [5.41, 5.74) is 0. The van der Waals surface area contributed by atoms with E-state index < -0.39 is 57.7 Å². The number of hydrogen-bond donors (Lipinski definition) is 0. The van der Waals surface area contributed by atoms with E-state index in [-0.39, 0.29) is 30.9 Å². The largest absolute Gasteiger partial charge is 0.466 e. The number of carbonyl (C=O) groups is 2. The zero-order valence-corrected chi connectivity index (χ0v) is 18.2. The molecule has 2 fully saturated rings. The fourth-order valence-corrected chi connectivity index (χ4v) is 6.91. The number of alkyl halides is 2. The van der Waals surface area contributed by atoms with Crippen molar-refractivity contribution in [3.8, 4) is 0 Å². The molecule has 3 rings (SSSR count). The summed E-state index contributed by atoms with van der Waals surface area (Å²) >= 11 is 3.23. The summed E-state index contributed by atoms with van der Waals surface area (Å²) in [4.78, 5) is 26.4. The lowest BCUT2D eigenvalue weighted by molar-refractivity contribution is -0.147. The van der Waals surface area contributed by atoms with Crippen molar-refractivity contribution in [3.05, 3.63) is 28.7 Å². The van der Waals surface area contributed by atoms with Crippen LogP contribution in [0.4, 0.5) is 8.78 Å². The standard InChI is InChI=1S/C19H22BrF2NO5S/c1-2-28-18(25)15-7-6-14(17(24)23-9-8-19(21,22)11-23)16(15)29(26,27)13-5-3-4-12(20)10-13/h3-5,10,14-16H,2,6-9,11H2,1H3. The van der Waals surface area contributed by atoms with Crippen molar-refractivity contribution in [1.82, 2.24) is 4.90 Å². The highest BCUT2D eigenvalue weighted by Crippen LogP contribution is 2.42. The molecule has 1 saturated heterocycles. The molecule has 10 heteroatoms. The van der Waals surface area contributed by atoms with Gasteiger partial charge in [0.15, 0.2) is 9.84 Å². The van der Waals surface area contributed by atoms with Gasteiger partial charge in [0.2, 0.25) is 5.91 Å². The van der Waals surface area contributed by atoms with Gasteiger partial charge < -0.3 is 9.64 Å². The summed E-state index contributed by atoms with van der Waals surface area (Å²) in [5, 5.41) is -1.35. The second-order valence-corrected chi connectivity index (χ2v) is 10.4. The molecule has 1 amide bonds. The lowest BCUT2D eigenvalue weighted by Crippen LogP contribution is -2.44. The summed E-state index contributed by atoms with van der Waals surface area (Å²) in [5.74, 6) is -6.39. The van der Waals surface area contributed by atoms with E-state index in [1.807, 2.05) is 0 Å². The third-order valence-electron chi connectivity index (χ3n) is 5.45. The Kier molecular flexibility index (Phi) is 6.33. The quantitative estimate of drug-likeness (QED) is 0.588. The first kappa shape index (κ1) is 22.1. The van der Waals surface area contributed by atoms with E-state index in [0.717, 1.165) is 4.90 Å². The van der Waals surface area contributed by atoms with Gasteiger partial charge in [-0.2, -0.15) is 0 Å². The molecule has 1 aliphatic carbocycles. The summed E-state index contributed by atoms with van der Waals surface area (Å²) in [7, 11) is -4.09. The van der Waals surface area contributed by atoms with E-state index in [0.29, 0.717) is 4.47 Å². The highest BCUT2D eigenvalue weighted by Gasteiger charge is 2.54. The Morgan fingerprint density at radius 1 is 1.28 bits per heavy atom. The molecule has 3 atom stereocenters. The van der Waals surface area contributed by atoms with Gasteiger partial charge in [0.25, 0.3) is 5.92 Å². The van der Waals surface area contributed by atoms with Crippen LogP contribution in [0, 0.1) is 11.8 Å². The maximum absolute atomic E-state index is 13.6. The van der Waals surface area contributed by atoms with Crippen molar-refractivity contribution >= 4 is 37.6 Å². The average molecular weight is 494 g/mol. The topological polar surface area (TPSA) is 80.8 Å². The van der Waals surface area contributed by atoms with Crippen molar-refractivity contribution < 1.29 is 31.5 Å². The first-order valence-electron chi connectivity index (χ1n) is 9.39. The molecule has 0 bridgehead atoms. The maximum atomic E-state index is 13.6. The Bertz CT molecular complexity index is 908. The smallest absolute Gasteiger partial charge is 0.310 e. The third kappa shape index (κ3) is 4.47. The Labute approximate surface area is 176 Å². The Morgan fingerprint density at radius 3 is 2.55 bits per heavy atom. The van der Waals surface area contributed by atoms with Gasteiger partial charge in [-0.15, -0.1) is 0 Å². The zero-order chi connectivity index (χ0) is 21.4. The van der Waals surface area contributed by atoms with Gasteiger partial charge in [-0.05, 0) is 38.0 Å². The van der Waals surface area contributed by atoms with Gasteiger partial charge in [-0.25, -0.2) is 17.2 Å². The molecule has 160 valence electrons. The van der Waals surface area contributed by atoms with Crippen molar-refractivity contribution in [2.75, 3.05) is 19.7 Å². The van der Waals surface area contributed by atoms with Crippen LogP contribution in [-0.4, -0.2) is 56.1 Å². The van der Waals surface area contributed by atoms with E-state index in [1.165, 1.54) is 12.1 Å². The van der Waals surface area contributed by atoms with Crippen molar-refractivity contribution in [1.29, 1.82) is 0 Å². The summed E-state index contributed by atoms with van der Waals surface area (Å²) in [6, 6.07) is 6.00. The van der Waals surface area contributed by atoms with Gasteiger partial charge in [0.05, 0.1) is 35.1 Å². The number of hydrogen-bond acceptors (Lipinski definition) is 5. The first-order chi connectivity index (χ1) is 13.6. The van der Waals surface area contributed by atoms with Crippen LogP contribution in [-0.2, 0) is 24.2 Å². The zero-order valence-electron chi connectivity index (χ0n) is 15.8. The molecule has 1 aromatic rings. The SMILES string of the molecule is CCOC(=O)C1CCC(C(=O)N2CCC(F)(F)C2)C1S(=O)(=O)c1cccc(Br)c1. The molecule has 1 aromatic carbocycles. The fourth-order valence-electron chi connectivity index (χ4n) is 4.13. The number of amides is 1. The Morgan fingerprint density at radius 2 is 1.97 bits per heavy atom. The predicted molar refractivity (Wildman–Crippen MR) is 104 cm³/mol. The van der Waals surface area contributed by atoms with Gasteiger partial charge >= 0.3 is 5.97 Å². The number of ether oxygens (including phenoxy) is 1. The van der Waals surface area contributed by atoms with Crippen molar-refractivity contribution in [2.24, 2.45) is 11.8 Å². The lowest BCUT2D eigenvalue weighted by atomic mass is 10.0. The van der Waals surface area contributed by atoms with Crippen LogP contribution in [0.25, 0.3) is 0 Å². The molecule has 1 heterocycles. The van der Waals surface area contributed by atoms with Crippen LogP contribution in [0.1, 0.15) is 26.2 Å². The monoisotopic (exact) mass is 493 g/mol. The number of carbonyl (C=O) groups excluding carboxylic acids is 2. The van der Waals surface area contributed by atoms with Gasteiger partial charge in [-0.1, -0.05) is 22.0 Å². The molecular formula is C19H22BrF2NO5S. The predicted octanol–water partition coefficient (Wildman–Crippen LogP) is 3.05. The highest BCUT2D eigenvalue weighted by molar-refractivity contribution is 9.10. The Balaban J connectivity index is 1.98. The van der Waals surface area contributed by atoms with E-state index >= 15 is 0 Å². The Hall–Kier alpha value is -1.55. The number of esters is 1. The van der Waals surface area contributed by atoms with Gasteiger partial charge in [0, 0.05) is 17.4 Å². The third-order valence-corrected chi connectivity index (χ3v) is 8.23. The molecule has 0 spiro atoms.